The van der Waals surface area contributed by atoms with Crippen molar-refractivity contribution >= 4 is 39.2 Å². The highest BCUT2D eigenvalue weighted by Gasteiger charge is 2.13. The van der Waals surface area contributed by atoms with Gasteiger partial charge in [-0.05, 0) is 36.4 Å². The van der Waals surface area contributed by atoms with Gasteiger partial charge in [0.1, 0.15) is 11.6 Å². The van der Waals surface area contributed by atoms with Crippen molar-refractivity contribution in [3.8, 4) is 0 Å². The summed E-state index contributed by atoms with van der Waals surface area (Å²) in [6.07, 6.45) is 0. The van der Waals surface area contributed by atoms with Crippen LogP contribution in [0.4, 0.5) is 0 Å². The number of benzene rings is 1. The van der Waals surface area contributed by atoms with E-state index >= 15 is 0 Å². The minimum Gasteiger partial charge on any atom is -0.456 e. The summed E-state index contributed by atoms with van der Waals surface area (Å²) in [5, 5.41) is 2.57. The lowest BCUT2D eigenvalue weighted by Crippen LogP contribution is -2.23. The van der Waals surface area contributed by atoms with Crippen LogP contribution < -0.4 is 5.32 Å². The summed E-state index contributed by atoms with van der Waals surface area (Å²) >= 11 is 8.68. The van der Waals surface area contributed by atoms with E-state index in [0.29, 0.717) is 11.3 Å². The van der Waals surface area contributed by atoms with E-state index in [0.717, 1.165) is 4.47 Å². The van der Waals surface area contributed by atoms with Crippen molar-refractivity contribution in [1.29, 1.82) is 0 Å². The maximum Gasteiger partial charge on any atom is 0.235 e. The van der Waals surface area contributed by atoms with Crippen molar-refractivity contribution in [2.24, 2.45) is 0 Å². The lowest BCUT2D eigenvalue weighted by atomic mass is 10.1. The van der Waals surface area contributed by atoms with Crippen molar-refractivity contribution in [2.75, 3.05) is 5.88 Å². The van der Waals surface area contributed by atoms with Gasteiger partial charge in [0.15, 0.2) is 5.76 Å². The first-order chi connectivity index (χ1) is 9.60. The largest absolute Gasteiger partial charge is 0.456 e. The number of amides is 1. The fourth-order valence-corrected chi connectivity index (χ4v) is 1.93. The standard InChI is InChI=1S/C14H11BrClNO3/c15-10-3-1-9(2-4-10)14(19)12-6-5-11(20-12)8-17-13(18)7-16/h1-6H,7-8H2,(H,17,18). The zero-order valence-corrected chi connectivity index (χ0v) is 12.7. The van der Waals surface area contributed by atoms with E-state index in [1.165, 1.54) is 0 Å². The van der Waals surface area contributed by atoms with Crippen molar-refractivity contribution < 1.29 is 14.0 Å². The van der Waals surface area contributed by atoms with E-state index in [4.69, 9.17) is 16.0 Å². The van der Waals surface area contributed by atoms with Gasteiger partial charge in [-0.2, -0.15) is 0 Å². The van der Waals surface area contributed by atoms with Crippen LogP contribution in [0.25, 0.3) is 0 Å². The first-order valence-electron chi connectivity index (χ1n) is 5.82. The van der Waals surface area contributed by atoms with E-state index in [2.05, 4.69) is 21.2 Å². The molecular formula is C14H11BrClNO3. The van der Waals surface area contributed by atoms with Crippen molar-refractivity contribution in [2.45, 2.75) is 6.54 Å². The Morgan fingerprint density at radius 3 is 2.50 bits per heavy atom. The van der Waals surface area contributed by atoms with Crippen LogP contribution in [0.15, 0.2) is 45.3 Å². The Bertz CT molecular complexity index is 622. The first kappa shape index (κ1) is 14.8. The summed E-state index contributed by atoms with van der Waals surface area (Å²) in [4.78, 5) is 23.2. The first-order valence-corrected chi connectivity index (χ1v) is 7.14. The summed E-state index contributed by atoms with van der Waals surface area (Å²) in [6.45, 7) is 0.208. The Morgan fingerprint density at radius 1 is 1.15 bits per heavy atom. The van der Waals surface area contributed by atoms with Gasteiger partial charge in [0, 0.05) is 10.0 Å². The number of ketones is 1. The molecule has 1 amide bonds. The quantitative estimate of drug-likeness (QED) is 0.661. The number of hydrogen-bond donors (Lipinski definition) is 1. The number of rotatable bonds is 5. The van der Waals surface area contributed by atoms with Crippen LogP contribution in [0.1, 0.15) is 21.9 Å². The summed E-state index contributed by atoms with van der Waals surface area (Å²) < 4.78 is 6.31. The zero-order chi connectivity index (χ0) is 14.5. The van der Waals surface area contributed by atoms with Gasteiger partial charge in [-0.3, -0.25) is 9.59 Å². The molecule has 1 aromatic heterocycles. The van der Waals surface area contributed by atoms with Crippen LogP contribution in [0.3, 0.4) is 0 Å². The molecule has 0 spiro atoms. The molecule has 2 aromatic rings. The SMILES string of the molecule is O=C(CCl)NCc1ccc(C(=O)c2ccc(Br)cc2)o1. The maximum absolute atomic E-state index is 12.1. The summed E-state index contributed by atoms with van der Waals surface area (Å²) in [7, 11) is 0. The molecule has 4 nitrogen and oxygen atoms in total. The van der Waals surface area contributed by atoms with Gasteiger partial charge < -0.3 is 9.73 Å². The molecule has 0 bridgehead atoms. The summed E-state index contributed by atoms with van der Waals surface area (Å²) in [5.74, 6) is 0.147. The minimum absolute atomic E-state index is 0.106. The summed E-state index contributed by atoms with van der Waals surface area (Å²) in [5.41, 5.74) is 0.541. The molecule has 0 radical (unpaired) electrons. The normalized spacial score (nSPS) is 10.3. The van der Waals surface area contributed by atoms with E-state index in [1.54, 1.807) is 36.4 Å². The number of hydrogen-bond acceptors (Lipinski definition) is 3. The Morgan fingerprint density at radius 2 is 1.85 bits per heavy atom. The fourth-order valence-electron chi connectivity index (χ4n) is 1.57. The molecule has 0 fully saturated rings. The Kier molecular flexibility index (Phi) is 4.98. The average molecular weight is 357 g/mol. The molecule has 0 aliphatic carbocycles. The molecule has 0 aliphatic heterocycles. The van der Waals surface area contributed by atoms with Gasteiger partial charge in [-0.25, -0.2) is 0 Å². The molecule has 0 saturated carbocycles. The van der Waals surface area contributed by atoms with E-state index in [9.17, 15) is 9.59 Å². The second kappa shape index (κ2) is 6.72. The third-order valence-electron chi connectivity index (χ3n) is 2.57. The van der Waals surface area contributed by atoms with Gasteiger partial charge in [-0.1, -0.05) is 15.9 Å². The highest BCUT2D eigenvalue weighted by atomic mass is 79.9. The van der Waals surface area contributed by atoms with Gasteiger partial charge in [-0.15, -0.1) is 11.6 Å². The second-order valence-corrected chi connectivity index (χ2v) is 5.20. The number of nitrogens with one attached hydrogen (secondary N) is 1. The van der Waals surface area contributed by atoms with Gasteiger partial charge >= 0.3 is 0 Å². The van der Waals surface area contributed by atoms with Crippen LogP contribution in [-0.2, 0) is 11.3 Å². The summed E-state index contributed by atoms with van der Waals surface area (Å²) in [6, 6.07) is 10.2. The van der Waals surface area contributed by atoms with Crippen LogP contribution >= 0.6 is 27.5 Å². The average Bonchev–Trinajstić information content (AvgIpc) is 2.93. The predicted octanol–water partition coefficient (Wildman–Crippen LogP) is 3.13. The molecule has 20 heavy (non-hydrogen) atoms. The zero-order valence-electron chi connectivity index (χ0n) is 10.4. The third kappa shape index (κ3) is 3.71. The molecule has 2 rings (SSSR count). The minimum atomic E-state index is -0.288. The molecule has 104 valence electrons. The smallest absolute Gasteiger partial charge is 0.235 e. The van der Waals surface area contributed by atoms with Crippen molar-refractivity contribution in [3.05, 3.63) is 58.0 Å². The van der Waals surface area contributed by atoms with Gasteiger partial charge in [0.2, 0.25) is 11.7 Å². The van der Waals surface area contributed by atoms with Gasteiger partial charge in [0.05, 0.1) is 6.54 Å². The fraction of sp³-hybridized carbons (Fsp3) is 0.143. The van der Waals surface area contributed by atoms with Crippen LogP contribution in [-0.4, -0.2) is 17.6 Å². The molecular weight excluding hydrogens is 346 g/mol. The molecule has 0 unspecified atom stereocenters. The molecule has 0 saturated heterocycles. The number of halogens is 2. The van der Waals surface area contributed by atoms with E-state index in [1.807, 2.05) is 0 Å². The second-order valence-electron chi connectivity index (χ2n) is 4.01. The van der Waals surface area contributed by atoms with Crippen molar-refractivity contribution in [3.63, 3.8) is 0 Å². The van der Waals surface area contributed by atoms with Gasteiger partial charge in [0.25, 0.3) is 0 Å². The van der Waals surface area contributed by atoms with E-state index < -0.39 is 0 Å². The van der Waals surface area contributed by atoms with Crippen molar-refractivity contribution in [1.82, 2.24) is 5.32 Å². The highest BCUT2D eigenvalue weighted by molar-refractivity contribution is 9.10. The molecule has 1 N–H and O–H groups in total. The van der Waals surface area contributed by atoms with E-state index in [-0.39, 0.29) is 29.9 Å². The monoisotopic (exact) mass is 355 g/mol. The molecule has 1 aromatic carbocycles. The number of carbonyl (C=O) groups is 2. The Labute approximate surface area is 129 Å². The Hall–Kier alpha value is -1.59. The number of carbonyl (C=O) groups excluding carboxylic acids is 2. The lowest BCUT2D eigenvalue weighted by molar-refractivity contribution is -0.118. The molecule has 0 aliphatic rings. The van der Waals surface area contributed by atoms with Crippen LogP contribution in [0.2, 0.25) is 0 Å². The maximum atomic E-state index is 12.1. The topological polar surface area (TPSA) is 59.3 Å². The molecule has 6 heteroatoms. The number of alkyl halides is 1. The Balaban J connectivity index is 2.06. The highest BCUT2D eigenvalue weighted by Crippen LogP contribution is 2.16. The predicted molar refractivity (Wildman–Crippen MR) is 78.8 cm³/mol. The number of furan rings is 1. The van der Waals surface area contributed by atoms with Crippen LogP contribution in [0.5, 0.6) is 0 Å². The molecule has 1 heterocycles. The van der Waals surface area contributed by atoms with Crippen LogP contribution in [0, 0.1) is 0 Å². The molecule has 0 atom stereocenters. The third-order valence-corrected chi connectivity index (χ3v) is 3.34. The lowest BCUT2D eigenvalue weighted by Gasteiger charge is -2.00.